The fourth-order valence-electron chi connectivity index (χ4n) is 2.28. The molecule has 0 spiro atoms. The molecule has 138 valence electrons. The summed E-state index contributed by atoms with van der Waals surface area (Å²) in [4.78, 5) is 8.25. The van der Waals surface area contributed by atoms with Crippen molar-refractivity contribution in [3.63, 3.8) is 0 Å². The van der Waals surface area contributed by atoms with Crippen LogP contribution in [0.15, 0.2) is 41.9 Å². The molecule has 2 aromatic rings. The predicted octanol–water partition coefficient (Wildman–Crippen LogP) is 2.96. The summed E-state index contributed by atoms with van der Waals surface area (Å²) in [7, 11) is 3.40. The van der Waals surface area contributed by atoms with Gasteiger partial charge >= 0.3 is 0 Å². The van der Waals surface area contributed by atoms with Crippen LogP contribution in [-0.2, 0) is 13.0 Å². The molecule has 1 aromatic carbocycles. The van der Waals surface area contributed by atoms with Gasteiger partial charge in [0.1, 0.15) is 5.75 Å². The van der Waals surface area contributed by atoms with Crippen molar-refractivity contribution >= 4 is 41.5 Å². The summed E-state index contributed by atoms with van der Waals surface area (Å²) in [6.45, 7) is 2.54. The van der Waals surface area contributed by atoms with Crippen LogP contribution in [0.3, 0.4) is 0 Å². The number of rotatable bonds is 8. The second kappa shape index (κ2) is 12.0. The van der Waals surface area contributed by atoms with E-state index in [1.807, 2.05) is 30.7 Å². The van der Waals surface area contributed by atoms with Gasteiger partial charge in [0.25, 0.3) is 0 Å². The maximum Gasteiger partial charge on any atom is 0.190 e. The minimum atomic E-state index is 0. The number of methoxy groups -OCH3 is 1. The number of imidazole rings is 1. The van der Waals surface area contributed by atoms with Gasteiger partial charge in [-0.2, -0.15) is 0 Å². The molecule has 8 heteroatoms. The number of hydrogen-bond acceptors (Lipinski definition) is 3. The first kappa shape index (κ1) is 21.6. The minimum absolute atomic E-state index is 0. The van der Waals surface area contributed by atoms with E-state index in [-0.39, 0.29) is 24.0 Å². The summed E-state index contributed by atoms with van der Waals surface area (Å²) in [5.74, 6) is 1.57. The second-order valence-corrected chi connectivity index (χ2v) is 5.69. The van der Waals surface area contributed by atoms with Crippen LogP contribution in [0.25, 0.3) is 0 Å². The summed E-state index contributed by atoms with van der Waals surface area (Å²) in [5, 5.41) is 7.32. The Morgan fingerprint density at radius 3 is 2.76 bits per heavy atom. The molecule has 0 aliphatic rings. The molecule has 0 saturated heterocycles. The summed E-state index contributed by atoms with van der Waals surface area (Å²) in [6.07, 6.45) is 7.40. The van der Waals surface area contributed by atoms with Crippen LogP contribution >= 0.6 is 35.6 Å². The van der Waals surface area contributed by atoms with Gasteiger partial charge in [-0.05, 0) is 30.5 Å². The van der Waals surface area contributed by atoms with Crippen molar-refractivity contribution in [3.8, 4) is 5.75 Å². The molecular formula is C17H25ClIN5O. The van der Waals surface area contributed by atoms with Crippen LogP contribution in [0, 0.1) is 0 Å². The quantitative estimate of drug-likeness (QED) is 0.266. The lowest BCUT2D eigenvalue weighted by atomic mass is 10.1. The van der Waals surface area contributed by atoms with Crippen molar-refractivity contribution < 1.29 is 4.74 Å². The number of nitrogens with zero attached hydrogens (tertiary/aromatic N) is 3. The van der Waals surface area contributed by atoms with Gasteiger partial charge in [-0.25, -0.2) is 4.98 Å². The largest absolute Gasteiger partial charge is 0.497 e. The highest BCUT2D eigenvalue weighted by Gasteiger charge is 2.03. The van der Waals surface area contributed by atoms with Crippen molar-refractivity contribution in [1.82, 2.24) is 20.2 Å². The SMILES string of the molecule is CN=C(NCCCn1ccnc1)NCCc1ccc(OC)cc1Cl.I. The van der Waals surface area contributed by atoms with Gasteiger partial charge in [0.05, 0.1) is 13.4 Å². The van der Waals surface area contributed by atoms with Crippen molar-refractivity contribution in [1.29, 1.82) is 0 Å². The Kier molecular flexibility index (Phi) is 10.3. The predicted molar refractivity (Wildman–Crippen MR) is 113 cm³/mol. The lowest BCUT2D eigenvalue weighted by Gasteiger charge is -2.12. The fourth-order valence-corrected chi connectivity index (χ4v) is 2.55. The first-order chi connectivity index (χ1) is 11.7. The molecule has 0 aliphatic carbocycles. The van der Waals surface area contributed by atoms with Crippen LogP contribution in [0.1, 0.15) is 12.0 Å². The standard InChI is InChI=1S/C17H24ClN5O.HI/c1-19-17(21-7-3-10-23-11-9-20-13-23)22-8-6-14-4-5-15(24-2)12-16(14)18;/h4-5,9,11-13H,3,6-8,10H2,1-2H3,(H2,19,21,22);1H. The van der Waals surface area contributed by atoms with Gasteiger partial charge in [-0.15, -0.1) is 24.0 Å². The van der Waals surface area contributed by atoms with Gasteiger partial charge in [0.15, 0.2) is 5.96 Å². The number of hydrogen-bond donors (Lipinski definition) is 2. The number of guanidine groups is 1. The number of aliphatic imine (C=N–C) groups is 1. The molecule has 25 heavy (non-hydrogen) atoms. The van der Waals surface area contributed by atoms with Crippen LogP contribution in [-0.4, -0.2) is 42.8 Å². The molecule has 0 fully saturated rings. The Labute approximate surface area is 171 Å². The topological polar surface area (TPSA) is 63.5 Å². The van der Waals surface area contributed by atoms with Crippen molar-refractivity contribution in [2.75, 3.05) is 27.2 Å². The van der Waals surface area contributed by atoms with Gasteiger partial charge in [-0.1, -0.05) is 17.7 Å². The smallest absolute Gasteiger partial charge is 0.190 e. The highest BCUT2D eigenvalue weighted by molar-refractivity contribution is 14.0. The van der Waals surface area contributed by atoms with E-state index in [0.29, 0.717) is 0 Å². The third-order valence-electron chi connectivity index (χ3n) is 3.62. The van der Waals surface area contributed by atoms with Crippen LogP contribution in [0.2, 0.25) is 5.02 Å². The maximum atomic E-state index is 6.25. The molecule has 0 atom stereocenters. The van der Waals surface area contributed by atoms with E-state index >= 15 is 0 Å². The highest BCUT2D eigenvalue weighted by atomic mass is 127. The summed E-state index contributed by atoms with van der Waals surface area (Å²) < 4.78 is 7.22. The molecule has 1 heterocycles. The Morgan fingerprint density at radius 1 is 1.32 bits per heavy atom. The molecule has 6 nitrogen and oxygen atoms in total. The molecule has 0 aliphatic heterocycles. The summed E-state index contributed by atoms with van der Waals surface area (Å²) in [6, 6.07) is 5.74. The lowest BCUT2D eigenvalue weighted by molar-refractivity contribution is 0.414. The Hall–Kier alpha value is -1.48. The summed E-state index contributed by atoms with van der Waals surface area (Å²) in [5.41, 5.74) is 1.08. The van der Waals surface area contributed by atoms with Crippen LogP contribution in [0.4, 0.5) is 0 Å². The molecule has 0 radical (unpaired) electrons. The lowest BCUT2D eigenvalue weighted by Crippen LogP contribution is -2.39. The maximum absolute atomic E-state index is 6.25. The van der Waals surface area contributed by atoms with E-state index in [1.165, 1.54) is 0 Å². The number of ether oxygens (including phenoxy) is 1. The molecule has 2 rings (SSSR count). The number of benzene rings is 1. The zero-order valence-corrected chi connectivity index (χ0v) is 17.6. The van der Waals surface area contributed by atoms with Crippen molar-refractivity contribution in [3.05, 3.63) is 47.5 Å². The Balaban J connectivity index is 0.00000312. The molecule has 2 N–H and O–H groups in total. The number of aryl methyl sites for hydroxylation is 1. The second-order valence-electron chi connectivity index (χ2n) is 5.29. The van der Waals surface area contributed by atoms with E-state index in [4.69, 9.17) is 16.3 Å². The van der Waals surface area contributed by atoms with E-state index in [2.05, 4.69) is 25.2 Å². The Morgan fingerprint density at radius 2 is 2.12 bits per heavy atom. The van der Waals surface area contributed by atoms with E-state index in [9.17, 15) is 0 Å². The molecular weight excluding hydrogens is 453 g/mol. The van der Waals surface area contributed by atoms with Gasteiger partial charge in [-0.3, -0.25) is 4.99 Å². The fraction of sp³-hybridized carbons (Fsp3) is 0.412. The average molecular weight is 478 g/mol. The van der Waals surface area contributed by atoms with Crippen molar-refractivity contribution in [2.24, 2.45) is 4.99 Å². The zero-order valence-electron chi connectivity index (χ0n) is 14.5. The highest BCUT2D eigenvalue weighted by Crippen LogP contribution is 2.22. The van der Waals surface area contributed by atoms with E-state index in [1.54, 1.807) is 20.4 Å². The molecule has 0 saturated carbocycles. The van der Waals surface area contributed by atoms with E-state index < -0.39 is 0 Å². The number of halogens is 2. The number of nitrogens with one attached hydrogen (secondary N) is 2. The normalized spacial score (nSPS) is 10.9. The first-order valence-corrected chi connectivity index (χ1v) is 8.33. The zero-order chi connectivity index (χ0) is 17.2. The summed E-state index contributed by atoms with van der Waals surface area (Å²) >= 11 is 6.25. The Bertz CT molecular complexity index is 648. The third-order valence-corrected chi connectivity index (χ3v) is 3.97. The molecule has 0 bridgehead atoms. The van der Waals surface area contributed by atoms with E-state index in [0.717, 1.165) is 54.8 Å². The third kappa shape index (κ3) is 7.52. The van der Waals surface area contributed by atoms with Gasteiger partial charge < -0.3 is 19.9 Å². The average Bonchev–Trinajstić information content (AvgIpc) is 3.11. The molecule has 0 amide bonds. The van der Waals surface area contributed by atoms with Gasteiger partial charge in [0.2, 0.25) is 0 Å². The van der Waals surface area contributed by atoms with Crippen molar-refractivity contribution in [2.45, 2.75) is 19.4 Å². The first-order valence-electron chi connectivity index (χ1n) is 7.95. The monoisotopic (exact) mass is 477 g/mol. The molecule has 1 aromatic heterocycles. The van der Waals surface area contributed by atoms with Crippen LogP contribution < -0.4 is 15.4 Å². The number of aromatic nitrogens is 2. The van der Waals surface area contributed by atoms with Gasteiger partial charge in [0, 0.05) is 44.1 Å². The minimum Gasteiger partial charge on any atom is -0.497 e. The van der Waals surface area contributed by atoms with Crippen LogP contribution in [0.5, 0.6) is 5.75 Å². The molecule has 0 unspecified atom stereocenters.